The second kappa shape index (κ2) is 8.63. The van der Waals surface area contributed by atoms with E-state index in [0.29, 0.717) is 5.92 Å². The lowest BCUT2D eigenvalue weighted by molar-refractivity contribution is 0.148. The average Bonchev–Trinajstić information content (AvgIpc) is 3.53. The molecule has 3 aliphatic heterocycles. The van der Waals surface area contributed by atoms with Crippen molar-refractivity contribution in [2.24, 2.45) is 5.92 Å². The number of piperidine rings is 1. The number of urea groups is 1. The molecule has 4 heterocycles. The Balaban J connectivity index is 1.21. The molecule has 7 nitrogen and oxygen atoms in total. The summed E-state index contributed by atoms with van der Waals surface area (Å²) in [5.41, 5.74) is 2.57. The Kier molecular flexibility index (Phi) is 5.84. The molecule has 1 aromatic carbocycles. The van der Waals surface area contributed by atoms with Crippen LogP contribution >= 0.6 is 11.5 Å². The van der Waals surface area contributed by atoms with Gasteiger partial charge in [0.15, 0.2) is 0 Å². The first kappa shape index (κ1) is 21.6. The van der Waals surface area contributed by atoms with Crippen LogP contribution in [0.3, 0.4) is 0 Å². The van der Waals surface area contributed by atoms with Crippen molar-refractivity contribution >= 4 is 28.4 Å². The summed E-state index contributed by atoms with van der Waals surface area (Å²) in [6, 6.07) is 8.63. The van der Waals surface area contributed by atoms with Crippen LogP contribution in [0.4, 0.5) is 15.6 Å². The van der Waals surface area contributed by atoms with E-state index < -0.39 is 0 Å². The number of aryl methyl sites for hydroxylation is 1. The van der Waals surface area contributed by atoms with Gasteiger partial charge >= 0.3 is 6.03 Å². The first-order valence-corrected chi connectivity index (χ1v) is 12.6. The molecular weight excluding hydrogens is 420 g/mol. The van der Waals surface area contributed by atoms with Gasteiger partial charge in [-0.25, -0.2) is 9.78 Å². The van der Waals surface area contributed by atoms with E-state index >= 15 is 0 Å². The Hall–Kier alpha value is -2.19. The summed E-state index contributed by atoms with van der Waals surface area (Å²) in [7, 11) is 3.68. The van der Waals surface area contributed by atoms with Crippen molar-refractivity contribution in [1.82, 2.24) is 19.2 Å². The Morgan fingerprint density at radius 3 is 2.72 bits per heavy atom. The van der Waals surface area contributed by atoms with E-state index in [-0.39, 0.29) is 11.4 Å². The first-order valence-electron chi connectivity index (χ1n) is 11.9. The zero-order valence-electron chi connectivity index (χ0n) is 19.5. The number of carbonyl (C=O) groups excluding carboxylic acids is 1. The van der Waals surface area contributed by atoms with Crippen LogP contribution in [0.1, 0.15) is 37.6 Å². The van der Waals surface area contributed by atoms with E-state index in [9.17, 15) is 4.79 Å². The lowest BCUT2D eigenvalue weighted by Gasteiger charge is -2.40. The molecular formula is C24H34N6OS. The van der Waals surface area contributed by atoms with Crippen molar-refractivity contribution in [3.8, 4) is 0 Å². The van der Waals surface area contributed by atoms with Gasteiger partial charge in [0.2, 0.25) is 5.13 Å². The third kappa shape index (κ3) is 3.88. The highest BCUT2D eigenvalue weighted by Crippen LogP contribution is 2.47. The molecule has 0 aliphatic carbocycles. The van der Waals surface area contributed by atoms with Crippen molar-refractivity contribution in [3.63, 3.8) is 0 Å². The van der Waals surface area contributed by atoms with Gasteiger partial charge in [-0.15, -0.1) is 0 Å². The Morgan fingerprint density at radius 2 is 2.00 bits per heavy atom. The molecule has 5 rings (SSSR count). The van der Waals surface area contributed by atoms with Crippen LogP contribution in [0, 0.1) is 5.92 Å². The van der Waals surface area contributed by atoms with Crippen molar-refractivity contribution in [3.05, 3.63) is 35.7 Å². The minimum absolute atomic E-state index is 0.0886. The molecule has 3 aliphatic rings. The van der Waals surface area contributed by atoms with E-state index in [0.717, 1.165) is 75.2 Å². The van der Waals surface area contributed by atoms with Crippen LogP contribution in [0.15, 0.2) is 24.3 Å². The zero-order chi connectivity index (χ0) is 22.3. The monoisotopic (exact) mass is 454 g/mol. The fourth-order valence-electron chi connectivity index (χ4n) is 5.67. The highest BCUT2D eigenvalue weighted by Gasteiger charge is 2.46. The SMILES string of the molecule is CCc1nsc(N2CC[C@@H](CN3CCC4(CC3)CN(C(=O)N(C)C)c3ccccc34)C2)n1. The minimum atomic E-state index is 0.0886. The predicted molar refractivity (Wildman–Crippen MR) is 130 cm³/mol. The maximum Gasteiger partial charge on any atom is 0.323 e. The molecule has 32 heavy (non-hydrogen) atoms. The molecule has 172 valence electrons. The van der Waals surface area contributed by atoms with Gasteiger partial charge in [0, 0.05) is 69.3 Å². The Morgan fingerprint density at radius 1 is 1.22 bits per heavy atom. The number of benzene rings is 1. The van der Waals surface area contributed by atoms with E-state index in [1.165, 1.54) is 12.0 Å². The van der Waals surface area contributed by atoms with Crippen LogP contribution < -0.4 is 9.80 Å². The summed E-state index contributed by atoms with van der Waals surface area (Å²) in [6.45, 7) is 8.48. The van der Waals surface area contributed by atoms with Gasteiger partial charge in [0.25, 0.3) is 0 Å². The molecule has 2 amide bonds. The summed E-state index contributed by atoms with van der Waals surface area (Å²) in [5.74, 6) is 1.66. The molecule has 0 radical (unpaired) electrons. The highest BCUT2D eigenvalue weighted by molar-refractivity contribution is 7.09. The van der Waals surface area contributed by atoms with E-state index in [1.807, 2.05) is 19.0 Å². The van der Waals surface area contributed by atoms with Gasteiger partial charge in [-0.3, -0.25) is 4.90 Å². The molecule has 2 saturated heterocycles. The number of rotatable bonds is 4. The number of para-hydroxylation sites is 1. The van der Waals surface area contributed by atoms with E-state index in [2.05, 4.69) is 50.3 Å². The van der Waals surface area contributed by atoms with Gasteiger partial charge < -0.3 is 14.7 Å². The molecule has 1 aromatic heterocycles. The average molecular weight is 455 g/mol. The number of amides is 2. The van der Waals surface area contributed by atoms with E-state index in [4.69, 9.17) is 0 Å². The highest BCUT2D eigenvalue weighted by atomic mass is 32.1. The van der Waals surface area contributed by atoms with Crippen LogP contribution in [0.25, 0.3) is 0 Å². The molecule has 2 fully saturated rings. The topological polar surface area (TPSA) is 55.8 Å². The molecule has 2 aromatic rings. The fourth-order valence-corrected chi connectivity index (χ4v) is 6.46. The third-order valence-electron chi connectivity index (χ3n) is 7.50. The van der Waals surface area contributed by atoms with Crippen LogP contribution in [-0.2, 0) is 11.8 Å². The maximum atomic E-state index is 12.8. The predicted octanol–water partition coefficient (Wildman–Crippen LogP) is 3.46. The summed E-state index contributed by atoms with van der Waals surface area (Å²) in [4.78, 5) is 26.3. The van der Waals surface area contributed by atoms with Gasteiger partial charge in [0.05, 0.1) is 0 Å². The number of hydrogen-bond acceptors (Lipinski definition) is 6. The van der Waals surface area contributed by atoms with Gasteiger partial charge in [0.1, 0.15) is 5.82 Å². The molecule has 0 saturated carbocycles. The molecule has 0 unspecified atom stereocenters. The van der Waals surface area contributed by atoms with Crippen molar-refractivity contribution in [2.75, 3.05) is 63.2 Å². The number of hydrogen-bond donors (Lipinski definition) is 0. The lowest BCUT2D eigenvalue weighted by atomic mass is 9.74. The smallest absolute Gasteiger partial charge is 0.323 e. The molecule has 8 heteroatoms. The second-order valence-corrected chi connectivity index (χ2v) is 10.5. The van der Waals surface area contributed by atoms with Crippen LogP contribution in [-0.4, -0.2) is 78.6 Å². The van der Waals surface area contributed by atoms with Gasteiger partial charge in [-0.1, -0.05) is 25.1 Å². The summed E-state index contributed by atoms with van der Waals surface area (Å²) < 4.78 is 4.46. The minimum Gasteiger partial charge on any atom is -0.347 e. The maximum absolute atomic E-state index is 12.8. The van der Waals surface area contributed by atoms with Crippen LogP contribution in [0.5, 0.6) is 0 Å². The number of aromatic nitrogens is 2. The van der Waals surface area contributed by atoms with Gasteiger partial charge in [-0.2, -0.15) is 4.37 Å². The second-order valence-electron chi connectivity index (χ2n) is 9.81. The lowest BCUT2D eigenvalue weighted by Crippen LogP contribution is -2.48. The first-order chi connectivity index (χ1) is 15.5. The van der Waals surface area contributed by atoms with Crippen molar-refractivity contribution < 1.29 is 4.79 Å². The standard InChI is InChI=1S/C24H34N6OS/c1-4-21-25-22(32-26-21)29-12-9-18(16-29)15-28-13-10-24(11-14-28)17-30(23(31)27(2)3)20-8-6-5-7-19(20)24/h5-8,18H,4,9-17H2,1-3H3/t18-/m0/s1. The molecule has 0 bridgehead atoms. The fraction of sp³-hybridized carbons (Fsp3) is 0.625. The Bertz CT molecular complexity index is 967. The van der Waals surface area contributed by atoms with Gasteiger partial charge in [-0.05, 0) is 49.9 Å². The number of fused-ring (bicyclic) bond motifs is 2. The zero-order valence-corrected chi connectivity index (χ0v) is 20.3. The van der Waals surface area contributed by atoms with E-state index in [1.54, 1.807) is 16.4 Å². The Labute approximate surface area is 195 Å². The quantitative estimate of drug-likeness (QED) is 0.708. The van der Waals surface area contributed by atoms with Crippen molar-refractivity contribution in [2.45, 2.75) is 38.0 Å². The molecule has 0 N–H and O–H groups in total. The largest absolute Gasteiger partial charge is 0.347 e. The van der Waals surface area contributed by atoms with Crippen molar-refractivity contribution in [1.29, 1.82) is 0 Å². The number of nitrogens with zero attached hydrogens (tertiary/aromatic N) is 6. The third-order valence-corrected chi connectivity index (χ3v) is 8.31. The number of carbonyl (C=O) groups is 1. The number of anilines is 2. The summed E-state index contributed by atoms with van der Waals surface area (Å²) in [5, 5.41) is 1.09. The number of likely N-dealkylation sites (tertiary alicyclic amines) is 1. The molecule has 1 atom stereocenters. The normalized spacial score (nSPS) is 22.5. The summed E-state index contributed by atoms with van der Waals surface area (Å²) >= 11 is 1.55. The summed E-state index contributed by atoms with van der Waals surface area (Å²) in [6.07, 6.45) is 4.38. The van der Waals surface area contributed by atoms with Crippen LogP contribution in [0.2, 0.25) is 0 Å². The molecule has 1 spiro atoms.